The topological polar surface area (TPSA) is 54.8 Å². The van der Waals surface area contributed by atoms with Crippen LogP contribution in [0.1, 0.15) is 31.6 Å². The van der Waals surface area contributed by atoms with Crippen molar-refractivity contribution < 1.29 is 0 Å². The molecule has 2 rings (SSSR count). The average molecular weight is 223 g/mol. The van der Waals surface area contributed by atoms with Gasteiger partial charge < -0.3 is 15.2 Å². The molecule has 16 heavy (non-hydrogen) atoms. The molecule has 2 heterocycles. The number of hydrogen-bond acceptors (Lipinski definition) is 4. The molecule has 0 radical (unpaired) electrons. The summed E-state index contributed by atoms with van der Waals surface area (Å²) in [5, 5.41) is 15.0. The predicted octanol–water partition coefficient (Wildman–Crippen LogP) is 0.465. The highest BCUT2D eigenvalue weighted by Crippen LogP contribution is 2.12. The second-order valence-electron chi connectivity index (χ2n) is 4.64. The zero-order chi connectivity index (χ0) is 11.4. The highest BCUT2D eigenvalue weighted by molar-refractivity contribution is 4.92. The molecular weight excluding hydrogens is 202 g/mol. The zero-order valence-corrected chi connectivity index (χ0v) is 10.1. The Balaban J connectivity index is 1.79. The fourth-order valence-electron chi connectivity index (χ4n) is 2.22. The number of rotatable bonds is 4. The Morgan fingerprint density at radius 1 is 1.69 bits per heavy atom. The first-order chi connectivity index (χ1) is 7.77. The molecule has 1 aliphatic rings. The van der Waals surface area contributed by atoms with Gasteiger partial charge in [-0.15, -0.1) is 10.2 Å². The summed E-state index contributed by atoms with van der Waals surface area (Å²) < 4.78 is 1.97. The van der Waals surface area contributed by atoms with E-state index in [2.05, 4.69) is 27.8 Å². The summed E-state index contributed by atoms with van der Waals surface area (Å²) in [6.07, 6.45) is 4.37. The third kappa shape index (κ3) is 2.80. The van der Waals surface area contributed by atoms with Crippen LogP contribution in [-0.4, -0.2) is 34.4 Å². The van der Waals surface area contributed by atoms with E-state index in [1.54, 1.807) is 6.33 Å². The maximum absolute atomic E-state index is 4.11. The first-order valence-electron chi connectivity index (χ1n) is 6.05. The maximum atomic E-state index is 4.11. The second-order valence-corrected chi connectivity index (χ2v) is 4.64. The van der Waals surface area contributed by atoms with Gasteiger partial charge in [0, 0.05) is 7.05 Å². The van der Waals surface area contributed by atoms with Crippen LogP contribution in [0.2, 0.25) is 0 Å². The average Bonchev–Trinajstić information content (AvgIpc) is 2.74. The van der Waals surface area contributed by atoms with E-state index in [0.29, 0.717) is 0 Å². The third-order valence-corrected chi connectivity index (χ3v) is 3.25. The molecule has 1 aromatic rings. The van der Waals surface area contributed by atoms with Crippen LogP contribution in [-0.2, 0) is 7.05 Å². The predicted molar refractivity (Wildman–Crippen MR) is 63.0 cm³/mol. The number of hydrogen-bond donors (Lipinski definition) is 2. The molecule has 2 unspecified atom stereocenters. The Bertz CT molecular complexity index is 316. The monoisotopic (exact) mass is 223 g/mol. The van der Waals surface area contributed by atoms with E-state index in [9.17, 15) is 0 Å². The molecule has 0 aromatic carbocycles. The molecule has 5 heteroatoms. The summed E-state index contributed by atoms with van der Waals surface area (Å²) in [6.45, 7) is 5.51. The van der Waals surface area contributed by atoms with Crippen LogP contribution in [0.4, 0.5) is 0 Å². The molecule has 2 atom stereocenters. The van der Waals surface area contributed by atoms with E-state index in [0.717, 1.165) is 24.8 Å². The lowest BCUT2D eigenvalue weighted by Gasteiger charge is -2.24. The Labute approximate surface area is 96.6 Å². The van der Waals surface area contributed by atoms with Gasteiger partial charge in [0.25, 0.3) is 0 Å². The minimum atomic E-state index is 0.273. The molecule has 0 spiro atoms. The van der Waals surface area contributed by atoms with E-state index in [-0.39, 0.29) is 6.04 Å². The van der Waals surface area contributed by atoms with Crippen molar-refractivity contribution in [2.24, 2.45) is 13.0 Å². The summed E-state index contributed by atoms with van der Waals surface area (Å²) in [5.74, 6) is 1.76. The van der Waals surface area contributed by atoms with Crippen molar-refractivity contribution in [1.82, 2.24) is 25.4 Å². The molecule has 1 fully saturated rings. The number of nitrogens with zero attached hydrogens (tertiary/aromatic N) is 3. The van der Waals surface area contributed by atoms with Gasteiger partial charge in [-0.25, -0.2) is 0 Å². The van der Waals surface area contributed by atoms with Crippen molar-refractivity contribution in [3.63, 3.8) is 0 Å². The Morgan fingerprint density at radius 3 is 3.19 bits per heavy atom. The normalized spacial score (nSPS) is 23.2. The van der Waals surface area contributed by atoms with Crippen LogP contribution in [0.25, 0.3) is 0 Å². The van der Waals surface area contributed by atoms with E-state index in [4.69, 9.17) is 0 Å². The molecule has 0 aliphatic carbocycles. The Morgan fingerprint density at radius 2 is 2.56 bits per heavy atom. The van der Waals surface area contributed by atoms with Gasteiger partial charge in [-0.2, -0.15) is 0 Å². The summed E-state index contributed by atoms with van der Waals surface area (Å²) in [5.41, 5.74) is 0. The zero-order valence-electron chi connectivity index (χ0n) is 10.1. The lowest BCUT2D eigenvalue weighted by Crippen LogP contribution is -2.37. The van der Waals surface area contributed by atoms with Crippen molar-refractivity contribution in [3.8, 4) is 0 Å². The van der Waals surface area contributed by atoms with Gasteiger partial charge in [-0.1, -0.05) is 0 Å². The minimum Gasteiger partial charge on any atom is -0.319 e. The van der Waals surface area contributed by atoms with Crippen LogP contribution in [0.15, 0.2) is 6.33 Å². The molecule has 5 nitrogen and oxygen atoms in total. The fraction of sp³-hybridized carbons (Fsp3) is 0.818. The molecule has 1 aromatic heterocycles. The van der Waals surface area contributed by atoms with E-state index in [1.165, 1.54) is 19.4 Å². The van der Waals surface area contributed by atoms with Crippen molar-refractivity contribution in [1.29, 1.82) is 0 Å². The highest BCUT2D eigenvalue weighted by Gasteiger charge is 2.16. The van der Waals surface area contributed by atoms with E-state index < -0.39 is 0 Å². The van der Waals surface area contributed by atoms with Crippen molar-refractivity contribution >= 4 is 0 Å². The van der Waals surface area contributed by atoms with Crippen molar-refractivity contribution in [3.05, 3.63) is 12.2 Å². The van der Waals surface area contributed by atoms with Gasteiger partial charge in [-0.3, -0.25) is 0 Å². The molecular formula is C11H21N5. The first-order valence-corrected chi connectivity index (χ1v) is 6.05. The minimum absolute atomic E-state index is 0.273. The maximum Gasteiger partial charge on any atom is 0.149 e. The molecule has 90 valence electrons. The Hall–Kier alpha value is -0.940. The quantitative estimate of drug-likeness (QED) is 0.779. The number of aryl methyl sites for hydroxylation is 1. The molecule has 1 saturated heterocycles. The second kappa shape index (κ2) is 5.41. The van der Waals surface area contributed by atoms with Gasteiger partial charge in [0.05, 0.1) is 6.04 Å². The molecule has 2 N–H and O–H groups in total. The number of nitrogens with one attached hydrogen (secondary N) is 2. The first kappa shape index (κ1) is 11.5. The largest absolute Gasteiger partial charge is 0.319 e. The standard InChI is InChI=1S/C11H21N5/c1-9(11-15-14-8-16(11)2)13-7-10-4-3-5-12-6-10/h8-10,12-13H,3-7H2,1-2H3. The van der Waals surface area contributed by atoms with Crippen LogP contribution < -0.4 is 10.6 Å². The summed E-state index contributed by atoms with van der Waals surface area (Å²) in [6, 6.07) is 0.273. The van der Waals surface area contributed by atoms with Gasteiger partial charge >= 0.3 is 0 Å². The smallest absolute Gasteiger partial charge is 0.149 e. The highest BCUT2D eigenvalue weighted by atomic mass is 15.3. The number of aromatic nitrogens is 3. The van der Waals surface area contributed by atoms with E-state index >= 15 is 0 Å². The van der Waals surface area contributed by atoms with Gasteiger partial charge in [0.15, 0.2) is 0 Å². The summed E-state index contributed by atoms with van der Waals surface area (Å²) in [7, 11) is 1.98. The van der Waals surface area contributed by atoms with Crippen LogP contribution in [0.5, 0.6) is 0 Å². The lowest BCUT2D eigenvalue weighted by atomic mass is 9.99. The van der Waals surface area contributed by atoms with E-state index in [1.807, 2.05) is 11.6 Å². The van der Waals surface area contributed by atoms with Gasteiger partial charge in [-0.05, 0) is 45.3 Å². The summed E-state index contributed by atoms with van der Waals surface area (Å²) >= 11 is 0. The van der Waals surface area contributed by atoms with Crippen LogP contribution >= 0.6 is 0 Å². The van der Waals surface area contributed by atoms with Crippen LogP contribution in [0.3, 0.4) is 0 Å². The van der Waals surface area contributed by atoms with Crippen molar-refractivity contribution in [2.75, 3.05) is 19.6 Å². The molecule has 0 amide bonds. The van der Waals surface area contributed by atoms with Gasteiger partial charge in [0.2, 0.25) is 0 Å². The molecule has 0 bridgehead atoms. The molecule has 0 saturated carbocycles. The number of piperidine rings is 1. The summed E-state index contributed by atoms with van der Waals surface area (Å²) in [4.78, 5) is 0. The van der Waals surface area contributed by atoms with Crippen molar-refractivity contribution in [2.45, 2.75) is 25.8 Å². The third-order valence-electron chi connectivity index (χ3n) is 3.25. The van der Waals surface area contributed by atoms with Crippen LogP contribution in [0, 0.1) is 5.92 Å². The fourth-order valence-corrected chi connectivity index (χ4v) is 2.22. The SMILES string of the molecule is CC(NCC1CCCNC1)c1nncn1C. The Kier molecular flexibility index (Phi) is 3.90. The molecule has 1 aliphatic heterocycles. The van der Waals surface area contributed by atoms with Gasteiger partial charge in [0.1, 0.15) is 12.2 Å². The lowest BCUT2D eigenvalue weighted by molar-refractivity contribution is 0.344.